The monoisotopic (exact) mass is 278 g/mol. The Morgan fingerprint density at radius 2 is 1.79 bits per heavy atom. The molecule has 0 saturated heterocycles. The van der Waals surface area contributed by atoms with Crippen molar-refractivity contribution in [2.24, 2.45) is 0 Å². The highest BCUT2D eigenvalue weighted by atomic mass is 32.2. The van der Waals surface area contributed by atoms with Crippen LogP contribution in [-0.4, -0.2) is 16.8 Å². The van der Waals surface area contributed by atoms with Gasteiger partial charge in [0.25, 0.3) is 0 Å². The van der Waals surface area contributed by atoms with Gasteiger partial charge in [-0.05, 0) is 23.0 Å². The minimum absolute atomic E-state index is 0.176. The molecule has 0 aliphatic heterocycles. The minimum Gasteiger partial charge on any atom is -0.298 e. The SMILES string of the molecule is CCC(C)SCC(=O)Cc1ccc(C(C)(C)C)cc1. The molecule has 0 radical (unpaired) electrons. The lowest BCUT2D eigenvalue weighted by atomic mass is 9.86. The summed E-state index contributed by atoms with van der Waals surface area (Å²) in [7, 11) is 0. The summed E-state index contributed by atoms with van der Waals surface area (Å²) in [4.78, 5) is 11.9. The van der Waals surface area contributed by atoms with Crippen molar-refractivity contribution < 1.29 is 4.79 Å². The van der Waals surface area contributed by atoms with Crippen molar-refractivity contribution >= 4 is 17.5 Å². The Morgan fingerprint density at radius 1 is 1.21 bits per heavy atom. The quantitative estimate of drug-likeness (QED) is 0.755. The van der Waals surface area contributed by atoms with Crippen molar-refractivity contribution in [3.8, 4) is 0 Å². The largest absolute Gasteiger partial charge is 0.298 e. The maximum atomic E-state index is 11.9. The molecular formula is C17H26OS. The van der Waals surface area contributed by atoms with E-state index in [1.807, 2.05) is 0 Å². The van der Waals surface area contributed by atoms with E-state index >= 15 is 0 Å². The molecule has 0 heterocycles. The molecule has 0 aliphatic carbocycles. The molecule has 0 aliphatic rings. The van der Waals surface area contributed by atoms with Crippen LogP contribution in [0.15, 0.2) is 24.3 Å². The number of carbonyl (C=O) groups excluding carboxylic acids is 1. The van der Waals surface area contributed by atoms with Gasteiger partial charge in [0.1, 0.15) is 5.78 Å². The van der Waals surface area contributed by atoms with Gasteiger partial charge >= 0.3 is 0 Å². The zero-order valence-corrected chi connectivity index (χ0v) is 13.6. The predicted octanol–water partition coefficient (Wildman–Crippen LogP) is 4.63. The molecule has 0 N–H and O–H groups in total. The number of hydrogen-bond acceptors (Lipinski definition) is 2. The second kappa shape index (κ2) is 7.14. The highest BCUT2D eigenvalue weighted by Crippen LogP contribution is 2.22. The third kappa shape index (κ3) is 5.82. The van der Waals surface area contributed by atoms with Crippen LogP contribution in [0.5, 0.6) is 0 Å². The molecule has 0 amide bonds. The Kier molecular flexibility index (Phi) is 6.12. The summed E-state index contributed by atoms with van der Waals surface area (Å²) in [6.45, 7) is 10.9. The van der Waals surface area contributed by atoms with Gasteiger partial charge in [0.05, 0.1) is 5.75 Å². The van der Waals surface area contributed by atoms with E-state index in [9.17, 15) is 4.79 Å². The van der Waals surface area contributed by atoms with Crippen LogP contribution < -0.4 is 0 Å². The summed E-state index contributed by atoms with van der Waals surface area (Å²) in [6.07, 6.45) is 1.69. The average Bonchev–Trinajstić information content (AvgIpc) is 2.35. The van der Waals surface area contributed by atoms with E-state index in [4.69, 9.17) is 0 Å². The first-order valence-electron chi connectivity index (χ1n) is 7.05. The van der Waals surface area contributed by atoms with Gasteiger partial charge in [0.2, 0.25) is 0 Å². The average molecular weight is 278 g/mol. The van der Waals surface area contributed by atoms with E-state index in [0.717, 1.165) is 12.0 Å². The van der Waals surface area contributed by atoms with E-state index in [1.54, 1.807) is 11.8 Å². The number of ketones is 1. The molecule has 0 aromatic heterocycles. The van der Waals surface area contributed by atoms with Gasteiger partial charge in [-0.3, -0.25) is 4.79 Å². The van der Waals surface area contributed by atoms with Crippen LogP contribution >= 0.6 is 11.8 Å². The third-order valence-electron chi connectivity index (χ3n) is 3.33. The van der Waals surface area contributed by atoms with Crippen molar-refractivity contribution in [2.75, 3.05) is 5.75 Å². The fraction of sp³-hybridized carbons (Fsp3) is 0.588. The first-order chi connectivity index (χ1) is 8.82. The molecule has 1 rings (SSSR count). The van der Waals surface area contributed by atoms with Crippen molar-refractivity contribution in [3.63, 3.8) is 0 Å². The number of thioether (sulfide) groups is 1. The van der Waals surface area contributed by atoms with Crippen molar-refractivity contribution in [3.05, 3.63) is 35.4 Å². The lowest BCUT2D eigenvalue weighted by molar-refractivity contribution is -0.116. The van der Waals surface area contributed by atoms with E-state index in [0.29, 0.717) is 23.2 Å². The van der Waals surface area contributed by atoms with Gasteiger partial charge in [-0.25, -0.2) is 0 Å². The lowest BCUT2D eigenvalue weighted by Gasteiger charge is -2.19. The van der Waals surface area contributed by atoms with Crippen molar-refractivity contribution in [2.45, 2.75) is 58.1 Å². The number of carbonyl (C=O) groups is 1. The molecule has 1 nitrogen and oxygen atoms in total. The van der Waals surface area contributed by atoms with Crippen LogP contribution in [-0.2, 0) is 16.6 Å². The Bertz CT molecular complexity index is 400. The molecule has 0 fully saturated rings. The predicted molar refractivity (Wildman–Crippen MR) is 86.1 cm³/mol. The van der Waals surface area contributed by atoms with Crippen LogP contribution in [0.3, 0.4) is 0 Å². The van der Waals surface area contributed by atoms with Gasteiger partial charge in [-0.1, -0.05) is 58.9 Å². The molecule has 1 unspecified atom stereocenters. The molecule has 1 aromatic carbocycles. The number of rotatable bonds is 6. The smallest absolute Gasteiger partial charge is 0.147 e. The maximum absolute atomic E-state index is 11.9. The van der Waals surface area contributed by atoms with Gasteiger partial charge in [0.15, 0.2) is 0 Å². The summed E-state index contributed by atoms with van der Waals surface area (Å²) in [5, 5.41) is 0.576. The highest BCUT2D eigenvalue weighted by molar-refractivity contribution is 8.00. The van der Waals surface area contributed by atoms with Crippen LogP contribution in [0, 0.1) is 0 Å². The standard InChI is InChI=1S/C17H26OS/c1-6-13(2)19-12-16(18)11-14-7-9-15(10-8-14)17(3,4)5/h7-10,13H,6,11-12H2,1-5H3. The lowest BCUT2D eigenvalue weighted by Crippen LogP contribution is -2.12. The van der Waals surface area contributed by atoms with Crippen LogP contribution in [0.25, 0.3) is 0 Å². The Morgan fingerprint density at radius 3 is 2.26 bits per heavy atom. The zero-order valence-electron chi connectivity index (χ0n) is 12.8. The Labute approximate surface area is 122 Å². The van der Waals surface area contributed by atoms with Gasteiger partial charge in [-0.15, -0.1) is 0 Å². The third-order valence-corrected chi connectivity index (χ3v) is 4.72. The van der Waals surface area contributed by atoms with Crippen LogP contribution in [0.4, 0.5) is 0 Å². The summed E-state index contributed by atoms with van der Waals surface area (Å²) >= 11 is 1.76. The summed E-state index contributed by atoms with van der Waals surface area (Å²) in [6, 6.07) is 8.47. The van der Waals surface area contributed by atoms with Crippen molar-refractivity contribution in [1.82, 2.24) is 0 Å². The molecular weight excluding hydrogens is 252 g/mol. The normalized spacial score (nSPS) is 13.3. The number of Topliss-reactive ketones (excluding diaryl/α,β-unsaturated/α-hetero) is 1. The van der Waals surface area contributed by atoms with Crippen LogP contribution in [0.1, 0.15) is 52.2 Å². The van der Waals surface area contributed by atoms with E-state index in [-0.39, 0.29) is 5.41 Å². The topological polar surface area (TPSA) is 17.1 Å². The number of benzene rings is 1. The summed E-state index contributed by atoms with van der Waals surface area (Å²) in [5.74, 6) is 0.963. The molecule has 106 valence electrons. The molecule has 1 atom stereocenters. The summed E-state index contributed by atoms with van der Waals surface area (Å²) < 4.78 is 0. The molecule has 0 saturated carbocycles. The Hall–Kier alpha value is -0.760. The minimum atomic E-state index is 0.176. The van der Waals surface area contributed by atoms with Gasteiger partial charge in [-0.2, -0.15) is 11.8 Å². The molecule has 19 heavy (non-hydrogen) atoms. The fourth-order valence-electron chi connectivity index (χ4n) is 1.75. The fourth-order valence-corrected chi connectivity index (χ4v) is 2.56. The van der Waals surface area contributed by atoms with Crippen molar-refractivity contribution in [1.29, 1.82) is 0 Å². The van der Waals surface area contributed by atoms with Gasteiger partial charge in [0, 0.05) is 11.7 Å². The first kappa shape index (κ1) is 16.3. The zero-order chi connectivity index (χ0) is 14.5. The molecule has 0 bridgehead atoms. The van der Waals surface area contributed by atoms with E-state index in [2.05, 4.69) is 58.9 Å². The first-order valence-corrected chi connectivity index (χ1v) is 8.10. The van der Waals surface area contributed by atoms with E-state index < -0.39 is 0 Å². The molecule has 0 spiro atoms. The molecule has 1 aromatic rings. The maximum Gasteiger partial charge on any atom is 0.147 e. The number of hydrogen-bond donors (Lipinski definition) is 0. The molecule has 2 heteroatoms. The second-order valence-corrected chi connectivity index (χ2v) is 7.62. The Balaban J connectivity index is 2.51. The summed E-state index contributed by atoms with van der Waals surface area (Å²) in [5.41, 5.74) is 2.62. The van der Waals surface area contributed by atoms with Gasteiger partial charge < -0.3 is 0 Å². The van der Waals surface area contributed by atoms with E-state index in [1.165, 1.54) is 5.56 Å². The second-order valence-electron chi connectivity index (χ2n) is 6.19. The highest BCUT2D eigenvalue weighted by Gasteiger charge is 2.13. The van der Waals surface area contributed by atoms with Crippen LogP contribution in [0.2, 0.25) is 0 Å².